The van der Waals surface area contributed by atoms with Crippen LogP contribution < -0.4 is 4.74 Å². The van der Waals surface area contributed by atoms with Crippen LogP contribution >= 0.6 is 0 Å². The zero-order valence-corrected chi connectivity index (χ0v) is 18.0. The molecule has 0 aliphatic carbocycles. The molecule has 6 heteroatoms. The second-order valence-electron chi connectivity index (χ2n) is 6.97. The maximum absolute atomic E-state index is 8.59. The number of azo groups is 1. The summed E-state index contributed by atoms with van der Waals surface area (Å²) in [6.45, 7) is 5.03. The van der Waals surface area contributed by atoms with Crippen LogP contribution in [0.3, 0.4) is 0 Å². The first-order valence-corrected chi connectivity index (χ1v) is 10.8. The van der Waals surface area contributed by atoms with Gasteiger partial charge in [-0.1, -0.05) is 25.5 Å². The first-order chi connectivity index (χ1) is 14.8. The van der Waals surface area contributed by atoms with Crippen LogP contribution in [0.5, 0.6) is 5.75 Å². The summed E-state index contributed by atoms with van der Waals surface area (Å²) in [5.74, 6) is 0.826. The van der Waals surface area contributed by atoms with Gasteiger partial charge in [-0.3, -0.25) is 0 Å². The average molecular weight is 415 g/mol. The number of aryl methyl sites for hydroxylation is 1. The molecule has 0 amide bonds. The highest BCUT2D eigenvalue weighted by Crippen LogP contribution is 2.22. The molecule has 0 unspecified atom stereocenters. The highest BCUT2D eigenvalue weighted by atomic mass is 16.5. The summed E-state index contributed by atoms with van der Waals surface area (Å²) in [6, 6.07) is 15.9. The summed E-state index contributed by atoms with van der Waals surface area (Å²) < 4.78 is 16.3. The van der Waals surface area contributed by atoms with Gasteiger partial charge in [0.1, 0.15) is 5.75 Å². The van der Waals surface area contributed by atoms with Crippen molar-refractivity contribution in [3.05, 3.63) is 54.1 Å². The van der Waals surface area contributed by atoms with Gasteiger partial charge in [0.25, 0.3) is 0 Å². The molecular formula is C24H34N2O4. The van der Waals surface area contributed by atoms with Gasteiger partial charge in [-0.25, -0.2) is 0 Å². The Kier molecular flexibility index (Phi) is 12.4. The molecule has 2 aromatic rings. The number of benzene rings is 2. The van der Waals surface area contributed by atoms with Crippen molar-refractivity contribution < 1.29 is 19.3 Å². The fourth-order valence-corrected chi connectivity index (χ4v) is 2.72. The number of nitrogens with zero attached hydrogens (tertiary/aromatic N) is 2. The molecule has 0 aliphatic rings. The maximum Gasteiger partial charge on any atom is 0.119 e. The van der Waals surface area contributed by atoms with E-state index < -0.39 is 0 Å². The molecule has 0 fully saturated rings. The molecule has 0 aliphatic heterocycles. The van der Waals surface area contributed by atoms with Gasteiger partial charge in [0.2, 0.25) is 0 Å². The Morgan fingerprint density at radius 3 is 1.93 bits per heavy atom. The predicted molar refractivity (Wildman–Crippen MR) is 119 cm³/mol. The third-order valence-electron chi connectivity index (χ3n) is 4.43. The standard InChI is InChI=1S/C24H34N2O4/c1-2-3-6-21-7-9-22(10-8-21)25-26-23-11-13-24(14-12-23)30-17-5-4-16-28-19-20-29-18-15-27/h7-14,27H,2-6,15-20H2,1H3. The predicted octanol–water partition coefficient (Wildman–Crippen LogP) is 5.63. The Labute approximate surface area is 179 Å². The zero-order chi connectivity index (χ0) is 21.3. The Balaban J connectivity index is 1.61. The van der Waals surface area contributed by atoms with Crippen molar-refractivity contribution in [2.75, 3.05) is 39.6 Å². The SMILES string of the molecule is CCCCc1ccc(N=Nc2ccc(OCCCCOCCOCCO)cc2)cc1. The lowest BCUT2D eigenvalue weighted by atomic mass is 10.1. The van der Waals surface area contributed by atoms with E-state index >= 15 is 0 Å². The molecule has 6 nitrogen and oxygen atoms in total. The quantitative estimate of drug-likeness (QED) is 0.285. The molecule has 0 saturated carbocycles. The molecule has 1 N–H and O–H groups in total. The van der Waals surface area contributed by atoms with Crippen LogP contribution in [-0.2, 0) is 15.9 Å². The fraction of sp³-hybridized carbons (Fsp3) is 0.500. The molecule has 30 heavy (non-hydrogen) atoms. The van der Waals surface area contributed by atoms with Crippen molar-refractivity contribution >= 4 is 11.4 Å². The van der Waals surface area contributed by atoms with Gasteiger partial charge in [-0.15, -0.1) is 0 Å². The molecule has 0 spiro atoms. The number of aliphatic hydroxyl groups is 1. The lowest BCUT2D eigenvalue weighted by Crippen LogP contribution is -2.08. The van der Waals surface area contributed by atoms with E-state index in [9.17, 15) is 0 Å². The molecule has 0 aromatic heterocycles. The van der Waals surface area contributed by atoms with Gasteiger partial charge < -0.3 is 19.3 Å². The largest absolute Gasteiger partial charge is 0.494 e. The van der Waals surface area contributed by atoms with Gasteiger partial charge >= 0.3 is 0 Å². The van der Waals surface area contributed by atoms with E-state index in [0.29, 0.717) is 33.0 Å². The van der Waals surface area contributed by atoms with Crippen molar-refractivity contribution in [1.82, 2.24) is 0 Å². The van der Waals surface area contributed by atoms with E-state index in [1.807, 2.05) is 36.4 Å². The molecule has 0 radical (unpaired) electrons. The number of rotatable bonds is 16. The minimum absolute atomic E-state index is 0.0498. The van der Waals surface area contributed by atoms with E-state index in [1.54, 1.807) is 0 Å². The second-order valence-corrected chi connectivity index (χ2v) is 6.97. The highest BCUT2D eigenvalue weighted by Gasteiger charge is 1.97. The summed E-state index contributed by atoms with van der Waals surface area (Å²) in [5.41, 5.74) is 3.00. The summed E-state index contributed by atoms with van der Waals surface area (Å²) in [4.78, 5) is 0. The van der Waals surface area contributed by atoms with E-state index in [0.717, 1.165) is 36.4 Å². The number of hydrogen-bond acceptors (Lipinski definition) is 6. The van der Waals surface area contributed by atoms with Gasteiger partial charge in [-0.05, 0) is 67.6 Å². The van der Waals surface area contributed by atoms with Crippen LogP contribution in [0.1, 0.15) is 38.2 Å². The van der Waals surface area contributed by atoms with Crippen molar-refractivity contribution in [1.29, 1.82) is 0 Å². The van der Waals surface area contributed by atoms with Crippen molar-refractivity contribution in [3.8, 4) is 5.75 Å². The van der Waals surface area contributed by atoms with Gasteiger partial charge in [-0.2, -0.15) is 10.2 Å². The first-order valence-electron chi connectivity index (χ1n) is 10.8. The molecule has 2 aromatic carbocycles. The Hall–Kier alpha value is -2.28. The van der Waals surface area contributed by atoms with E-state index in [2.05, 4.69) is 29.3 Å². The van der Waals surface area contributed by atoms with E-state index in [1.165, 1.54) is 18.4 Å². The van der Waals surface area contributed by atoms with E-state index in [4.69, 9.17) is 19.3 Å². The molecular weight excluding hydrogens is 380 g/mol. The minimum Gasteiger partial charge on any atom is -0.494 e. The number of ether oxygens (including phenoxy) is 3. The van der Waals surface area contributed by atoms with E-state index in [-0.39, 0.29) is 6.61 Å². The smallest absolute Gasteiger partial charge is 0.119 e. The van der Waals surface area contributed by atoms with Crippen molar-refractivity contribution in [2.45, 2.75) is 39.0 Å². The lowest BCUT2D eigenvalue weighted by molar-refractivity contribution is 0.0315. The topological polar surface area (TPSA) is 72.6 Å². The highest BCUT2D eigenvalue weighted by molar-refractivity contribution is 5.43. The Morgan fingerprint density at radius 2 is 1.30 bits per heavy atom. The first kappa shape index (κ1) is 24.0. The van der Waals surface area contributed by atoms with Crippen molar-refractivity contribution in [3.63, 3.8) is 0 Å². The fourth-order valence-electron chi connectivity index (χ4n) is 2.72. The average Bonchev–Trinajstić information content (AvgIpc) is 2.79. The summed E-state index contributed by atoms with van der Waals surface area (Å²) in [6.07, 6.45) is 5.39. The molecule has 0 bridgehead atoms. The Morgan fingerprint density at radius 1 is 0.700 bits per heavy atom. The minimum atomic E-state index is 0.0498. The number of unbranched alkanes of at least 4 members (excludes halogenated alkanes) is 2. The summed E-state index contributed by atoms with van der Waals surface area (Å²) in [7, 11) is 0. The molecule has 164 valence electrons. The summed E-state index contributed by atoms with van der Waals surface area (Å²) in [5, 5.41) is 17.2. The van der Waals surface area contributed by atoms with Crippen LogP contribution in [0.25, 0.3) is 0 Å². The van der Waals surface area contributed by atoms with Gasteiger partial charge in [0, 0.05) is 6.61 Å². The van der Waals surface area contributed by atoms with Crippen LogP contribution in [0.2, 0.25) is 0 Å². The van der Waals surface area contributed by atoms with Crippen LogP contribution in [0, 0.1) is 0 Å². The van der Waals surface area contributed by atoms with Crippen LogP contribution in [0.15, 0.2) is 58.8 Å². The summed E-state index contributed by atoms with van der Waals surface area (Å²) >= 11 is 0. The Bertz CT molecular complexity index is 702. The number of hydrogen-bond donors (Lipinski definition) is 1. The zero-order valence-electron chi connectivity index (χ0n) is 18.0. The van der Waals surface area contributed by atoms with Crippen molar-refractivity contribution in [2.24, 2.45) is 10.2 Å². The van der Waals surface area contributed by atoms with Crippen LogP contribution in [-0.4, -0.2) is 44.7 Å². The van der Waals surface area contributed by atoms with Crippen LogP contribution in [0.4, 0.5) is 11.4 Å². The monoisotopic (exact) mass is 414 g/mol. The van der Waals surface area contributed by atoms with Gasteiger partial charge in [0.15, 0.2) is 0 Å². The number of aliphatic hydroxyl groups excluding tert-OH is 1. The van der Waals surface area contributed by atoms with Gasteiger partial charge in [0.05, 0.1) is 44.4 Å². The molecule has 0 heterocycles. The third-order valence-corrected chi connectivity index (χ3v) is 4.43. The molecule has 2 rings (SSSR count). The molecule has 0 atom stereocenters. The molecule has 0 saturated heterocycles. The second kappa shape index (κ2) is 15.5. The third kappa shape index (κ3) is 10.5. The maximum atomic E-state index is 8.59. The normalized spacial score (nSPS) is 11.3. The lowest BCUT2D eigenvalue weighted by Gasteiger charge is -2.07.